The Morgan fingerprint density at radius 1 is 1.22 bits per heavy atom. The molecule has 18 heavy (non-hydrogen) atoms. The summed E-state index contributed by atoms with van der Waals surface area (Å²) in [6.45, 7) is 1.23. The van der Waals surface area contributed by atoms with Crippen molar-refractivity contribution in [3.05, 3.63) is 30.3 Å². The summed E-state index contributed by atoms with van der Waals surface area (Å²) in [4.78, 5) is 0.314. The van der Waals surface area contributed by atoms with Gasteiger partial charge in [0.15, 0.2) is 0 Å². The summed E-state index contributed by atoms with van der Waals surface area (Å²) in [5.41, 5.74) is 0. The number of ether oxygens (including phenoxy) is 1. The second-order valence-electron chi connectivity index (χ2n) is 4.49. The van der Waals surface area contributed by atoms with Crippen molar-refractivity contribution in [3.63, 3.8) is 0 Å². The summed E-state index contributed by atoms with van der Waals surface area (Å²) in [5.74, 6) is 0. The van der Waals surface area contributed by atoms with Crippen molar-refractivity contribution in [2.45, 2.75) is 36.7 Å². The van der Waals surface area contributed by atoms with Crippen molar-refractivity contribution < 1.29 is 13.2 Å². The molecule has 1 aromatic carbocycles. The van der Waals surface area contributed by atoms with Crippen LogP contribution < -0.4 is 4.72 Å². The highest BCUT2D eigenvalue weighted by atomic mass is 32.2. The largest absolute Gasteiger partial charge is 0.378 e. The maximum atomic E-state index is 11.9. The van der Waals surface area contributed by atoms with Gasteiger partial charge in [-0.15, -0.1) is 0 Å². The zero-order valence-electron chi connectivity index (χ0n) is 10.3. The molecule has 1 heterocycles. The third-order valence-electron chi connectivity index (χ3n) is 3.09. The summed E-state index contributed by atoms with van der Waals surface area (Å²) in [7, 11) is -3.37. The van der Waals surface area contributed by atoms with Crippen molar-refractivity contribution in [1.82, 2.24) is 4.72 Å². The van der Waals surface area contributed by atoms with Crippen molar-refractivity contribution in [2.75, 3.05) is 13.2 Å². The minimum absolute atomic E-state index is 0.206. The highest BCUT2D eigenvalue weighted by Gasteiger charge is 2.16. The van der Waals surface area contributed by atoms with Crippen LogP contribution in [0.5, 0.6) is 0 Å². The SMILES string of the molecule is O=S(=O)(NCCC1CCCCO1)c1ccccc1. The molecule has 0 aliphatic carbocycles. The van der Waals surface area contributed by atoms with E-state index in [1.807, 2.05) is 0 Å². The first-order valence-corrected chi connectivity index (χ1v) is 7.83. The smallest absolute Gasteiger partial charge is 0.240 e. The van der Waals surface area contributed by atoms with Crippen LogP contribution in [-0.2, 0) is 14.8 Å². The topological polar surface area (TPSA) is 55.4 Å². The highest BCUT2D eigenvalue weighted by molar-refractivity contribution is 7.89. The number of benzene rings is 1. The van der Waals surface area contributed by atoms with Gasteiger partial charge in [0.2, 0.25) is 10.0 Å². The molecule has 1 atom stereocenters. The van der Waals surface area contributed by atoms with Crippen LogP contribution in [-0.4, -0.2) is 27.7 Å². The van der Waals surface area contributed by atoms with Crippen LogP contribution in [0.3, 0.4) is 0 Å². The Hall–Kier alpha value is -0.910. The van der Waals surface area contributed by atoms with E-state index in [1.54, 1.807) is 30.3 Å². The van der Waals surface area contributed by atoms with Gasteiger partial charge in [-0.05, 0) is 37.8 Å². The normalized spacial score (nSPS) is 20.8. The predicted octanol–water partition coefficient (Wildman–Crippen LogP) is 1.92. The number of rotatable bonds is 5. The minimum atomic E-state index is -3.37. The van der Waals surface area contributed by atoms with Crippen LogP contribution in [0.15, 0.2) is 35.2 Å². The number of hydrogen-bond acceptors (Lipinski definition) is 3. The fourth-order valence-corrected chi connectivity index (χ4v) is 3.14. The third kappa shape index (κ3) is 3.80. The quantitative estimate of drug-likeness (QED) is 0.888. The number of nitrogens with one attached hydrogen (secondary N) is 1. The lowest BCUT2D eigenvalue weighted by Crippen LogP contribution is -2.29. The highest BCUT2D eigenvalue weighted by Crippen LogP contribution is 2.15. The van der Waals surface area contributed by atoms with Gasteiger partial charge >= 0.3 is 0 Å². The van der Waals surface area contributed by atoms with Gasteiger partial charge in [0.1, 0.15) is 0 Å². The van der Waals surface area contributed by atoms with Crippen molar-refractivity contribution >= 4 is 10.0 Å². The molecule has 0 bridgehead atoms. The van der Waals surface area contributed by atoms with Crippen LogP contribution in [0, 0.1) is 0 Å². The van der Waals surface area contributed by atoms with Crippen LogP contribution in [0.2, 0.25) is 0 Å². The van der Waals surface area contributed by atoms with E-state index in [-0.39, 0.29) is 6.10 Å². The van der Waals surface area contributed by atoms with Crippen molar-refractivity contribution in [1.29, 1.82) is 0 Å². The minimum Gasteiger partial charge on any atom is -0.378 e. The van der Waals surface area contributed by atoms with Crippen LogP contribution in [0.1, 0.15) is 25.7 Å². The standard InChI is InChI=1S/C13H19NO3S/c15-18(16,13-7-2-1-3-8-13)14-10-9-12-6-4-5-11-17-12/h1-3,7-8,12,14H,4-6,9-11H2. The van der Waals surface area contributed by atoms with Gasteiger partial charge in [-0.2, -0.15) is 0 Å². The van der Waals surface area contributed by atoms with Gasteiger partial charge in [-0.25, -0.2) is 13.1 Å². The van der Waals surface area contributed by atoms with E-state index in [2.05, 4.69) is 4.72 Å². The fraction of sp³-hybridized carbons (Fsp3) is 0.538. The second-order valence-corrected chi connectivity index (χ2v) is 6.26. The predicted molar refractivity (Wildman–Crippen MR) is 69.8 cm³/mol. The van der Waals surface area contributed by atoms with Gasteiger partial charge in [0.05, 0.1) is 11.0 Å². The molecule has 1 fully saturated rings. The summed E-state index contributed by atoms with van der Waals surface area (Å²) in [5, 5.41) is 0. The summed E-state index contributed by atoms with van der Waals surface area (Å²) in [6.07, 6.45) is 4.28. The lowest BCUT2D eigenvalue weighted by atomic mass is 10.1. The van der Waals surface area contributed by atoms with Crippen molar-refractivity contribution in [2.24, 2.45) is 0 Å². The summed E-state index contributed by atoms with van der Waals surface area (Å²) >= 11 is 0. The van der Waals surface area contributed by atoms with E-state index in [9.17, 15) is 8.42 Å². The molecule has 4 nitrogen and oxygen atoms in total. The van der Waals surface area contributed by atoms with E-state index in [4.69, 9.17) is 4.74 Å². The molecule has 100 valence electrons. The molecule has 1 aliphatic heterocycles. The average Bonchev–Trinajstić information content (AvgIpc) is 2.41. The van der Waals surface area contributed by atoms with Gasteiger partial charge < -0.3 is 4.74 Å². The first-order valence-electron chi connectivity index (χ1n) is 6.35. The average molecular weight is 269 g/mol. The van der Waals surface area contributed by atoms with Gasteiger partial charge in [0, 0.05) is 13.2 Å². The molecule has 0 amide bonds. The zero-order chi connectivity index (χ0) is 12.8. The molecule has 1 unspecified atom stereocenters. The molecular formula is C13H19NO3S. The van der Waals surface area contributed by atoms with Gasteiger partial charge in [-0.3, -0.25) is 0 Å². The van der Waals surface area contributed by atoms with E-state index >= 15 is 0 Å². The Balaban J connectivity index is 1.82. The Labute approximate surface area is 108 Å². The molecule has 0 radical (unpaired) electrons. The maximum Gasteiger partial charge on any atom is 0.240 e. The molecule has 1 aliphatic rings. The van der Waals surface area contributed by atoms with Gasteiger partial charge in [-0.1, -0.05) is 18.2 Å². The van der Waals surface area contributed by atoms with Gasteiger partial charge in [0.25, 0.3) is 0 Å². The van der Waals surface area contributed by atoms with E-state index in [0.717, 1.165) is 25.9 Å². The lowest BCUT2D eigenvalue weighted by Gasteiger charge is -2.22. The molecular weight excluding hydrogens is 250 g/mol. The molecule has 0 aromatic heterocycles. The van der Waals surface area contributed by atoms with E-state index in [0.29, 0.717) is 11.4 Å². The zero-order valence-corrected chi connectivity index (χ0v) is 11.2. The molecule has 5 heteroatoms. The van der Waals surface area contributed by atoms with E-state index < -0.39 is 10.0 Å². The summed E-state index contributed by atoms with van der Waals surface area (Å²) < 4.78 is 32.0. The first kappa shape index (κ1) is 13.5. The molecule has 1 saturated heterocycles. The first-order chi connectivity index (χ1) is 8.68. The third-order valence-corrected chi connectivity index (χ3v) is 4.56. The molecule has 2 rings (SSSR count). The second kappa shape index (κ2) is 6.31. The number of sulfonamides is 1. The maximum absolute atomic E-state index is 11.9. The fourth-order valence-electron chi connectivity index (χ4n) is 2.07. The van der Waals surface area contributed by atoms with Crippen LogP contribution >= 0.6 is 0 Å². The lowest BCUT2D eigenvalue weighted by molar-refractivity contribution is 0.0123. The van der Waals surface area contributed by atoms with Crippen molar-refractivity contribution in [3.8, 4) is 0 Å². The Kier molecular flexibility index (Phi) is 4.74. The molecule has 1 N–H and O–H groups in total. The molecule has 1 aromatic rings. The molecule has 0 saturated carbocycles. The van der Waals surface area contributed by atoms with Crippen LogP contribution in [0.4, 0.5) is 0 Å². The Morgan fingerprint density at radius 3 is 2.67 bits per heavy atom. The number of hydrogen-bond donors (Lipinski definition) is 1. The Morgan fingerprint density at radius 2 is 2.00 bits per heavy atom. The summed E-state index contributed by atoms with van der Waals surface area (Å²) in [6, 6.07) is 8.44. The van der Waals surface area contributed by atoms with E-state index in [1.165, 1.54) is 6.42 Å². The monoisotopic (exact) mass is 269 g/mol. The Bertz CT molecular complexity index is 452. The molecule has 0 spiro atoms. The van der Waals surface area contributed by atoms with Crippen LogP contribution in [0.25, 0.3) is 0 Å².